The number of fused-ring (bicyclic) bond motifs is 1. The number of hydrogen-bond acceptors (Lipinski definition) is 7. The molecule has 0 aliphatic heterocycles. The number of para-hydroxylation sites is 1. The Bertz CT molecular complexity index is 1480. The number of amides is 1. The van der Waals surface area contributed by atoms with Crippen molar-refractivity contribution in [3.05, 3.63) is 96.3 Å². The van der Waals surface area contributed by atoms with Gasteiger partial charge in [0.15, 0.2) is 0 Å². The first-order chi connectivity index (χ1) is 16.2. The minimum atomic E-state index is -0.323. The summed E-state index contributed by atoms with van der Waals surface area (Å²) in [5.74, 6) is 0.983. The van der Waals surface area contributed by atoms with Crippen LogP contribution >= 0.6 is 0 Å². The van der Waals surface area contributed by atoms with Crippen LogP contribution in [0.15, 0.2) is 90.8 Å². The number of aromatic nitrogens is 6. The van der Waals surface area contributed by atoms with Gasteiger partial charge in [0.2, 0.25) is 5.91 Å². The molecule has 0 unspecified atom stereocenters. The number of hydrogen-bond donors (Lipinski definition) is 2. The molecule has 10 nitrogen and oxygen atoms in total. The predicted octanol–water partition coefficient (Wildman–Crippen LogP) is 2.75. The zero-order valence-electron chi connectivity index (χ0n) is 17.3. The summed E-state index contributed by atoms with van der Waals surface area (Å²) >= 11 is 0. The molecule has 0 saturated heterocycles. The standard InChI is InChI=1S/C23H18N8O2/c32-22(12-31-15-27-19-4-2-1-3-18(19)23(31)33)29-17-7-5-16(6-8-17)28-20-11-21(26-13-25-20)30-10-9-24-14-30/h1-11,13-15H,12H2,(H,29,32)(H,25,26,28). The molecule has 2 N–H and O–H groups in total. The smallest absolute Gasteiger partial charge is 0.261 e. The van der Waals surface area contributed by atoms with Gasteiger partial charge in [-0.05, 0) is 36.4 Å². The number of benzene rings is 2. The van der Waals surface area contributed by atoms with Gasteiger partial charge in [0.1, 0.15) is 30.8 Å². The first-order valence-corrected chi connectivity index (χ1v) is 10.1. The van der Waals surface area contributed by atoms with Crippen LogP contribution in [-0.4, -0.2) is 35.0 Å². The van der Waals surface area contributed by atoms with Gasteiger partial charge in [-0.2, -0.15) is 0 Å². The van der Waals surface area contributed by atoms with Gasteiger partial charge in [-0.15, -0.1) is 0 Å². The van der Waals surface area contributed by atoms with E-state index in [9.17, 15) is 9.59 Å². The Balaban J connectivity index is 1.24. The van der Waals surface area contributed by atoms with Gasteiger partial charge >= 0.3 is 0 Å². The van der Waals surface area contributed by atoms with Crippen LogP contribution in [0.5, 0.6) is 0 Å². The minimum absolute atomic E-state index is 0.130. The lowest BCUT2D eigenvalue weighted by Crippen LogP contribution is -2.27. The average molecular weight is 438 g/mol. The zero-order chi connectivity index (χ0) is 22.6. The molecule has 0 bridgehead atoms. The molecular formula is C23H18N8O2. The van der Waals surface area contributed by atoms with Gasteiger partial charge in [0.25, 0.3) is 5.56 Å². The lowest BCUT2D eigenvalue weighted by molar-refractivity contribution is -0.116. The van der Waals surface area contributed by atoms with Crippen molar-refractivity contribution in [1.82, 2.24) is 29.1 Å². The molecule has 0 saturated carbocycles. The molecule has 5 rings (SSSR count). The summed E-state index contributed by atoms with van der Waals surface area (Å²) in [5, 5.41) is 6.47. The molecule has 3 aromatic heterocycles. The molecular weight excluding hydrogens is 420 g/mol. The van der Waals surface area contributed by atoms with E-state index in [1.807, 2.05) is 18.2 Å². The van der Waals surface area contributed by atoms with Crippen molar-refractivity contribution in [2.75, 3.05) is 10.6 Å². The highest BCUT2D eigenvalue weighted by Gasteiger charge is 2.09. The first kappa shape index (κ1) is 20.1. The first-order valence-electron chi connectivity index (χ1n) is 10.1. The Morgan fingerprint density at radius 2 is 1.76 bits per heavy atom. The Morgan fingerprint density at radius 3 is 2.58 bits per heavy atom. The van der Waals surface area contributed by atoms with Crippen molar-refractivity contribution in [2.45, 2.75) is 6.54 Å². The third-order valence-corrected chi connectivity index (χ3v) is 4.91. The number of imidazole rings is 1. The summed E-state index contributed by atoms with van der Waals surface area (Å²) in [4.78, 5) is 41.7. The number of anilines is 3. The quantitative estimate of drug-likeness (QED) is 0.418. The van der Waals surface area contributed by atoms with E-state index in [1.165, 1.54) is 17.2 Å². The van der Waals surface area contributed by atoms with Crippen LogP contribution in [0.2, 0.25) is 0 Å². The number of nitrogens with one attached hydrogen (secondary N) is 2. The third kappa shape index (κ3) is 4.44. The fraction of sp³-hybridized carbons (Fsp3) is 0.0435. The third-order valence-electron chi connectivity index (χ3n) is 4.91. The van der Waals surface area contributed by atoms with E-state index in [-0.39, 0.29) is 18.0 Å². The van der Waals surface area contributed by atoms with E-state index in [1.54, 1.807) is 59.7 Å². The molecule has 0 aliphatic carbocycles. The number of rotatable bonds is 6. The topological polar surface area (TPSA) is 120 Å². The van der Waals surface area contributed by atoms with Crippen LogP contribution in [0.25, 0.3) is 16.7 Å². The molecule has 0 atom stereocenters. The van der Waals surface area contributed by atoms with Gasteiger partial charge in [-0.25, -0.2) is 19.9 Å². The van der Waals surface area contributed by atoms with Crippen molar-refractivity contribution < 1.29 is 4.79 Å². The normalized spacial score (nSPS) is 10.8. The largest absolute Gasteiger partial charge is 0.340 e. The molecule has 3 heterocycles. The van der Waals surface area contributed by atoms with Crippen LogP contribution in [0.4, 0.5) is 17.2 Å². The molecule has 0 radical (unpaired) electrons. The molecule has 10 heteroatoms. The van der Waals surface area contributed by atoms with Gasteiger partial charge in [0.05, 0.1) is 17.2 Å². The van der Waals surface area contributed by atoms with E-state index < -0.39 is 0 Å². The van der Waals surface area contributed by atoms with E-state index >= 15 is 0 Å². The van der Waals surface area contributed by atoms with Crippen molar-refractivity contribution in [3.8, 4) is 5.82 Å². The average Bonchev–Trinajstić information content (AvgIpc) is 3.38. The maximum atomic E-state index is 12.6. The molecule has 0 fully saturated rings. The fourth-order valence-electron chi connectivity index (χ4n) is 3.31. The summed E-state index contributed by atoms with van der Waals surface area (Å²) in [6, 6.07) is 16.0. The number of nitrogens with zero attached hydrogens (tertiary/aromatic N) is 6. The van der Waals surface area contributed by atoms with Gasteiger partial charge in [0, 0.05) is 29.8 Å². The van der Waals surface area contributed by atoms with Gasteiger partial charge in [-0.1, -0.05) is 12.1 Å². The SMILES string of the molecule is O=C(Cn1cnc2ccccc2c1=O)Nc1ccc(Nc2cc(-n3ccnc3)ncn2)cc1. The Hall–Kier alpha value is -4.86. The van der Waals surface area contributed by atoms with Crippen LogP contribution < -0.4 is 16.2 Å². The maximum Gasteiger partial charge on any atom is 0.261 e. The Kier molecular flexibility index (Phi) is 5.30. The van der Waals surface area contributed by atoms with Crippen LogP contribution in [0.1, 0.15) is 0 Å². The second-order valence-corrected chi connectivity index (χ2v) is 7.18. The van der Waals surface area contributed by atoms with Gasteiger partial charge in [-0.3, -0.25) is 18.7 Å². The second kappa shape index (κ2) is 8.71. The van der Waals surface area contributed by atoms with Crippen molar-refractivity contribution >= 4 is 34.0 Å². The van der Waals surface area contributed by atoms with E-state index in [0.717, 1.165) is 5.69 Å². The summed E-state index contributed by atoms with van der Waals surface area (Å²) in [7, 11) is 0. The second-order valence-electron chi connectivity index (χ2n) is 7.18. The Labute approximate surface area is 187 Å². The van der Waals surface area contributed by atoms with Crippen molar-refractivity contribution in [3.63, 3.8) is 0 Å². The number of carbonyl (C=O) groups excluding carboxylic acids is 1. The van der Waals surface area contributed by atoms with Crippen LogP contribution in [0, 0.1) is 0 Å². The van der Waals surface area contributed by atoms with Crippen molar-refractivity contribution in [1.29, 1.82) is 0 Å². The zero-order valence-corrected chi connectivity index (χ0v) is 17.3. The minimum Gasteiger partial charge on any atom is -0.340 e. The Morgan fingerprint density at radius 1 is 0.939 bits per heavy atom. The lowest BCUT2D eigenvalue weighted by Gasteiger charge is -2.10. The summed E-state index contributed by atoms with van der Waals surface area (Å²) < 4.78 is 3.07. The van der Waals surface area contributed by atoms with Gasteiger partial charge < -0.3 is 10.6 Å². The number of carbonyl (C=O) groups is 1. The summed E-state index contributed by atoms with van der Waals surface area (Å²) in [5.41, 5.74) is 1.74. The van der Waals surface area contributed by atoms with E-state index in [0.29, 0.717) is 28.2 Å². The summed E-state index contributed by atoms with van der Waals surface area (Å²) in [6.45, 7) is -0.130. The highest BCUT2D eigenvalue weighted by molar-refractivity contribution is 5.91. The monoisotopic (exact) mass is 438 g/mol. The molecule has 33 heavy (non-hydrogen) atoms. The molecule has 0 aliphatic rings. The van der Waals surface area contributed by atoms with Crippen molar-refractivity contribution in [2.24, 2.45) is 0 Å². The lowest BCUT2D eigenvalue weighted by atomic mass is 10.2. The fourth-order valence-corrected chi connectivity index (χ4v) is 3.31. The molecule has 5 aromatic rings. The van der Waals surface area contributed by atoms with E-state index in [4.69, 9.17) is 0 Å². The predicted molar refractivity (Wildman–Crippen MR) is 124 cm³/mol. The molecule has 1 amide bonds. The van der Waals surface area contributed by atoms with Crippen LogP contribution in [0.3, 0.4) is 0 Å². The highest BCUT2D eigenvalue weighted by Crippen LogP contribution is 2.18. The molecule has 2 aromatic carbocycles. The van der Waals surface area contributed by atoms with Crippen LogP contribution in [-0.2, 0) is 11.3 Å². The van der Waals surface area contributed by atoms with E-state index in [2.05, 4.69) is 30.6 Å². The summed E-state index contributed by atoms with van der Waals surface area (Å²) in [6.07, 6.45) is 7.99. The maximum absolute atomic E-state index is 12.6. The highest BCUT2D eigenvalue weighted by atomic mass is 16.2. The molecule has 162 valence electrons. The molecule has 0 spiro atoms.